The summed E-state index contributed by atoms with van der Waals surface area (Å²) >= 11 is 1.75. The van der Waals surface area contributed by atoms with Gasteiger partial charge in [-0.3, -0.25) is 4.79 Å². The average Bonchev–Trinajstić information content (AvgIpc) is 2.66. The number of benzene rings is 1. The van der Waals surface area contributed by atoms with Gasteiger partial charge in [-0.15, -0.1) is 11.8 Å². The van der Waals surface area contributed by atoms with Gasteiger partial charge >= 0.3 is 0 Å². The molecule has 1 aliphatic heterocycles. The van der Waals surface area contributed by atoms with E-state index in [1.807, 2.05) is 23.1 Å². The first-order valence-electron chi connectivity index (χ1n) is 5.28. The number of carbonyl (C=O) groups excluding carboxylic acids is 1. The molecule has 0 aromatic heterocycles. The van der Waals surface area contributed by atoms with Gasteiger partial charge in [0.05, 0.1) is 5.37 Å². The van der Waals surface area contributed by atoms with E-state index in [2.05, 4.69) is 19.1 Å². The molecule has 0 N–H and O–H groups in total. The standard InChI is InChI=1S/C12H15NOS/c1-10(13-9-5-8-12(13)14)15-11-6-3-2-4-7-11/h2-4,6-7,10H,5,8-9H2,1H3/t10-/m0/s1. The third kappa shape index (κ3) is 2.53. The van der Waals surface area contributed by atoms with Crippen molar-refractivity contribution in [3.63, 3.8) is 0 Å². The Bertz CT molecular complexity index is 339. The van der Waals surface area contributed by atoms with Crippen molar-refractivity contribution in [3.8, 4) is 0 Å². The van der Waals surface area contributed by atoms with Crippen molar-refractivity contribution in [2.24, 2.45) is 0 Å². The van der Waals surface area contributed by atoms with Gasteiger partial charge in [-0.25, -0.2) is 0 Å². The Morgan fingerprint density at radius 3 is 2.67 bits per heavy atom. The lowest BCUT2D eigenvalue weighted by Crippen LogP contribution is -2.31. The van der Waals surface area contributed by atoms with E-state index in [1.54, 1.807) is 11.8 Å². The third-order valence-corrected chi connectivity index (χ3v) is 3.74. The van der Waals surface area contributed by atoms with Crippen LogP contribution in [-0.2, 0) is 4.79 Å². The lowest BCUT2D eigenvalue weighted by Gasteiger charge is -2.23. The molecule has 1 aromatic rings. The molecule has 0 unspecified atom stereocenters. The Kier molecular flexibility index (Phi) is 3.31. The number of hydrogen-bond acceptors (Lipinski definition) is 2. The molecule has 1 saturated heterocycles. The molecule has 0 bridgehead atoms. The number of nitrogens with zero attached hydrogens (tertiary/aromatic N) is 1. The van der Waals surface area contributed by atoms with Crippen molar-refractivity contribution >= 4 is 17.7 Å². The van der Waals surface area contributed by atoms with Gasteiger partial charge in [0, 0.05) is 17.9 Å². The predicted octanol–water partition coefficient (Wildman–Crippen LogP) is 2.75. The van der Waals surface area contributed by atoms with Crippen LogP contribution in [0.15, 0.2) is 35.2 Å². The minimum Gasteiger partial charge on any atom is -0.331 e. The minimum absolute atomic E-state index is 0.252. The lowest BCUT2D eigenvalue weighted by atomic mass is 10.4. The molecular weight excluding hydrogens is 206 g/mol. The van der Waals surface area contributed by atoms with Crippen LogP contribution in [0.25, 0.3) is 0 Å². The number of hydrogen-bond donors (Lipinski definition) is 0. The van der Waals surface area contributed by atoms with Crippen molar-refractivity contribution < 1.29 is 4.79 Å². The van der Waals surface area contributed by atoms with Crippen molar-refractivity contribution in [1.82, 2.24) is 4.90 Å². The molecule has 1 aromatic carbocycles. The molecule has 1 amide bonds. The molecule has 1 fully saturated rings. The van der Waals surface area contributed by atoms with Crippen LogP contribution >= 0.6 is 11.8 Å². The molecule has 1 atom stereocenters. The highest BCUT2D eigenvalue weighted by Gasteiger charge is 2.25. The molecule has 80 valence electrons. The van der Waals surface area contributed by atoms with E-state index in [4.69, 9.17) is 0 Å². The highest BCUT2D eigenvalue weighted by molar-refractivity contribution is 7.99. The lowest BCUT2D eigenvalue weighted by molar-refractivity contribution is -0.128. The Labute approximate surface area is 94.7 Å². The second-order valence-corrected chi connectivity index (χ2v) is 5.11. The van der Waals surface area contributed by atoms with E-state index in [0.29, 0.717) is 5.91 Å². The summed E-state index contributed by atoms with van der Waals surface area (Å²) in [6.07, 6.45) is 1.73. The molecule has 15 heavy (non-hydrogen) atoms. The van der Waals surface area contributed by atoms with Crippen LogP contribution in [0.4, 0.5) is 0 Å². The summed E-state index contributed by atoms with van der Waals surface area (Å²) in [5.74, 6) is 0.297. The van der Waals surface area contributed by atoms with Crippen LogP contribution in [0.2, 0.25) is 0 Å². The first-order valence-corrected chi connectivity index (χ1v) is 6.16. The number of amides is 1. The summed E-state index contributed by atoms with van der Waals surface area (Å²) in [6, 6.07) is 10.2. The van der Waals surface area contributed by atoms with E-state index in [1.165, 1.54) is 4.90 Å². The van der Waals surface area contributed by atoms with Gasteiger partial charge in [0.2, 0.25) is 5.91 Å². The van der Waals surface area contributed by atoms with Gasteiger partial charge < -0.3 is 4.90 Å². The molecule has 0 radical (unpaired) electrons. The smallest absolute Gasteiger partial charge is 0.223 e. The molecule has 2 rings (SSSR count). The van der Waals surface area contributed by atoms with Gasteiger partial charge in [-0.2, -0.15) is 0 Å². The molecule has 3 heteroatoms. The SMILES string of the molecule is C[C@H](Sc1ccccc1)N1CCCC1=O. The number of thioether (sulfide) groups is 1. The van der Waals surface area contributed by atoms with E-state index < -0.39 is 0 Å². The van der Waals surface area contributed by atoms with Crippen LogP contribution in [-0.4, -0.2) is 22.7 Å². The van der Waals surface area contributed by atoms with E-state index in [9.17, 15) is 4.79 Å². The number of carbonyl (C=O) groups is 1. The highest BCUT2D eigenvalue weighted by atomic mass is 32.2. The zero-order chi connectivity index (χ0) is 10.7. The topological polar surface area (TPSA) is 20.3 Å². The second-order valence-electron chi connectivity index (χ2n) is 3.72. The second kappa shape index (κ2) is 4.71. The molecular formula is C12H15NOS. The molecule has 0 aliphatic carbocycles. The highest BCUT2D eigenvalue weighted by Crippen LogP contribution is 2.27. The first-order chi connectivity index (χ1) is 7.27. The maximum Gasteiger partial charge on any atom is 0.223 e. The normalized spacial score (nSPS) is 18.2. The van der Waals surface area contributed by atoms with Gasteiger partial charge in [0.25, 0.3) is 0 Å². The van der Waals surface area contributed by atoms with E-state index in [-0.39, 0.29) is 5.37 Å². The maximum absolute atomic E-state index is 11.5. The fourth-order valence-electron chi connectivity index (χ4n) is 1.81. The van der Waals surface area contributed by atoms with Crippen molar-refractivity contribution in [3.05, 3.63) is 30.3 Å². The van der Waals surface area contributed by atoms with Gasteiger partial charge in [-0.1, -0.05) is 18.2 Å². The van der Waals surface area contributed by atoms with Gasteiger partial charge in [-0.05, 0) is 25.5 Å². The first kappa shape index (κ1) is 10.6. The molecule has 1 heterocycles. The molecule has 2 nitrogen and oxygen atoms in total. The van der Waals surface area contributed by atoms with Crippen molar-refractivity contribution in [2.45, 2.75) is 30.0 Å². The molecule has 0 saturated carbocycles. The molecule has 0 spiro atoms. The van der Waals surface area contributed by atoms with Crippen molar-refractivity contribution in [1.29, 1.82) is 0 Å². The average molecular weight is 221 g/mol. The van der Waals surface area contributed by atoms with E-state index >= 15 is 0 Å². The van der Waals surface area contributed by atoms with Crippen LogP contribution < -0.4 is 0 Å². The monoisotopic (exact) mass is 221 g/mol. The summed E-state index contributed by atoms with van der Waals surface area (Å²) in [5.41, 5.74) is 0. The zero-order valence-electron chi connectivity index (χ0n) is 8.85. The summed E-state index contributed by atoms with van der Waals surface area (Å²) in [4.78, 5) is 14.7. The fourth-order valence-corrected chi connectivity index (χ4v) is 2.87. The number of rotatable bonds is 3. The predicted molar refractivity (Wildman–Crippen MR) is 62.7 cm³/mol. The maximum atomic E-state index is 11.5. The Morgan fingerprint density at radius 1 is 1.33 bits per heavy atom. The van der Waals surface area contributed by atoms with Gasteiger partial charge in [0.1, 0.15) is 0 Å². The Morgan fingerprint density at radius 2 is 2.07 bits per heavy atom. The van der Waals surface area contributed by atoms with Crippen LogP contribution in [0.5, 0.6) is 0 Å². The third-order valence-electron chi connectivity index (χ3n) is 2.60. The summed E-state index contributed by atoms with van der Waals surface area (Å²) in [6.45, 7) is 3.01. The fraction of sp³-hybridized carbons (Fsp3) is 0.417. The van der Waals surface area contributed by atoms with Gasteiger partial charge in [0.15, 0.2) is 0 Å². The van der Waals surface area contributed by atoms with E-state index in [0.717, 1.165) is 19.4 Å². The van der Waals surface area contributed by atoms with Crippen molar-refractivity contribution in [2.75, 3.05) is 6.54 Å². The van der Waals surface area contributed by atoms with Crippen LogP contribution in [0.3, 0.4) is 0 Å². The number of likely N-dealkylation sites (tertiary alicyclic amines) is 1. The largest absolute Gasteiger partial charge is 0.331 e. The van der Waals surface area contributed by atoms with Crippen LogP contribution in [0.1, 0.15) is 19.8 Å². The summed E-state index contributed by atoms with van der Waals surface area (Å²) in [5, 5.41) is 0.252. The minimum atomic E-state index is 0.252. The quantitative estimate of drug-likeness (QED) is 0.731. The Hall–Kier alpha value is -0.960. The van der Waals surface area contributed by atoms with Crippen LogP contribution in [0, 0.1) is 0 Å². The zero-order valence-corrected chi connectivity index (χ0v) is 9.67. The Balaban J connectivity index is 1.97. The molecule has 1 aliphatic rings. The summed E-state index contributed by atoms with van der Waals surface area (Å²) < 4.78 is 0. The summed E-state index contributed by atoms with van der Waals surface area (Å²) in [7, 11) is 0.